The van der Waals surface area contributed by atoms with Crippen molar-refractivity contribution in [1.29, 1.82) is 0 Å². The van der Waals surface area contributed by atoms with Gasteiger partial charge in [0.05, 0.1) is 18.1 Å². The highest BCUT2D eigenvalue weighted by Crippen LogP contribution is 2.35. The van der Waals surface area contributed by atoms with Crippen molar-refractivity contribution in [3.8, 4) is 5.75 Å². The number of aryl methyl sites for hydroxylation is 1. The third-order valence-electron chi connectivity index (χ3n) is 4.70. The largest absolute Gasteiger partial charge is 0.482 e. The number of ether oxygens (including phenoxy) is 3. The molecule has 0 bridgehead atoms. The van der Waals surface area contributed by atoms with E-state index in [9.17, 15) is 14.9 Å². The average molecular weight is 400 g/mol. The van der Waals surface area contributed by atoms with Crippen molar-refractivity contribution in [2.45, 2.75) is 13.5 Å². The Kier molecular flexibility index (Phi) is 7.15. The van der Waals surface area contributed by atoms with E-state index in [2.05, 4.69) is 4.90 Å². The van der Waals surface area contributed by atoms with E-state index in [1.807, 2.05) is 30.3 Å². The van der Waals surface area contributed by atoms with Crippen molar-refractivity contribution in [2.75, 3.05) is 39.5 Å². The smallest absolute Gasteiger partial charge is 0.345 e. The van der Waals surface area contributed by atoms with Crippen LogP contribution >= 0.6 is 0 Å². The summed E-state index contributed by atoms with van der Waals surface area (Å²) in [4.78, 5) is 25.8. The first kappa shape index (κ1) is 20.8. The Hall–Kier alpha value is -2.97. The van der Waals surface area contributed by atoms with Gasteiger partial charge in [-0.05, 0) is 24.1 Å². The molecule has 1 saturated heterocycles. The van der Waals surface area contributed by atoms with Gasteiger partial charge in [0.15, 0.2) is 0 Å². The monoisotopic (exact) mass is 400 g/mol. The molecule has 8 heteroatoms. The van der Waals surface area contributed by atoms with E-state index in [1.165, 1.54) is 6.07 Å². The van der Waals surface area contributed by atoms with Crippen molar-refractivity contribution in [3.05, 3.63) is 69.3 Å². The van der Waals surface area contributed by atoms with E-state index >= 15 is 0 Å². The lowest BCUT2D eigenvalue weighted by Gasteiger charge is -2.26. The quantitative estimate of drug-likeness (QED) is 0.382. The van der Waals surface area contributed by atoms with Gasteiger partial charge in [0, 0.05) is 19.6 Å². The molecule has 1 aliphatic heterocycles. The van der Waals surface area contributed by atoms with Crippen LogP contribution in [0, 0.1) is 17.0 Å². The van der Waals surface area contributed by atoms with E-state index < -0.39 is 10.9 Å². The van der Waals surface area contributed by atoms with Gasteiger partial charge in [0.2, 0.25) is 5.75 Å². The molecule has 0 aliphatic carbocycles. The molecule has 29 heavy (non-hydrogen) atoms. The standard InChI is InChI=1S/C21H24N2O6/c1-16-7-8-18(21(24)28-14-11-22-9-12-27-13-10-22)19(23(25)26)20(16)29-15-17-5-3-2-4-6-17/h2-8H,9-15H2,1H3. The Balaban J connectivity index is 1.71. The Morgan fingerprint density at radius 3 is 2.59 bits per heavy atom. The van der Waals surface area contributed by atoms with Crippen LogP contribution in [-0.4, -0.2) is 55.2 Å². The zero-order chi connectivity index (χ0) is 20.6. The second-order valence-electron chi connectivity index (χ2n) is 6.73. The third kappa shape index (κ3) is 5.52. The molecule has 2 aromatic carbocycles. The fraction of sp³-hybridized carbons (Fsp3) is 0.381. The fourth-order valence-electron chi connectivity index (χ4n) is 3.10. The lowest BCUT2D eigenvalue weighted by molar-refractivity contribution is -0.386. The molecular weight excluding hydrogens is 376 g/mol. The lowest BCUT2D eigenvalue weighted by Crippen LogP contribution is -2.38. The maximum atomic E-state index is 12.5. The predicted molar refractivity (Wildman–Crippen MR) is 106 cm³/mol. The number of rotatable bonds is 8. The molecule has 154 valence electrons. The highest BCUT2D eigenvalue weighted by atomic mass is 16.6. The second-order valence-corrected chi connectivity index (χ2v) is 6.73. The molecule has 3 rings (SSSR count). The summed E-state index contributed by atoms with van der Waals surface area (Å²) >= 11 is 0. The average Bonchev–Trinajstić information content (AvgIpc) is 2.74. The number of carbonyl (C=O) groups is 1. The Morgan fingerprint density at radius 1 is 1.17 bits per heavy atom. The van der Waals surface area contributed by atoms with Crippen LogP contribution in [0.4, 0.5) is 5.69 Å². The number of morpholine rings is 1. The van der Waals surface area contributed by atoms with E-state index in [4.69, 9.17) is 14.2 Å². The minimum Gasteiger partial charge on any atom is -0.482 e. The van der Waals surface area contributed by atoms with Gasteiger partial charge >= 0.3 is 11.7 Å². The first-order valence-corrected chi connectivity index (χ1v) is 9.48. The normalized spacial score (nSPS) is 14.4. The number of esters is 1. The summed E-state index contributed by atoms with van der Waals surface area (Å²) in [5.41, 5.74) is 0.986. The molecule has 0 N–H and O–H groups in total. The van der Waals surface area contributed by atoms with Gasteiger partial charge in [-0.3, -0.25) is 15.0 Å². The minimum absolute atomic E-state index is 0.0847. The van der Waals surface area contributed by atoms with Gasteiger partial charge in [-0.15, -0.1) is 0 Å². The first-order chi connectivity index (χ1) is 14.1. The van der Waals surface area contributed by atoms with Crippen molar-refractivity contribution in [3.63, 3.8) is 0 Å². The van der Waals surface area contributed by atoms with Gasteiger partial charge in [-0.2, -0.15) is 0 Å². The zero-order valence-corrected chi connectivity index (χ0v) is 16.3. The van der Waals surface area contributed by atoms with Crippen LogP contribution in [0.25, 0.3) is 0 Å². The number of nitrogens with zero attached hydrogens (tertiary/aromatic N) is 2. The molecule has 0 radical (unpaired) electrons. The van der Waals surface area contributed by atoms with Gasteiger partial charge in [-0.25, -0.2) is 4.79 Å². The fourth-order valence-corrected chi connectivity index (χ4v) is 3.10. The SMILES string of the molecule is Cc1ccc(C(=O)OCCN2CCOCC2)c([N+](=O)[O-])c1OCc1ccccc1. The highest BCUT2D eigenvalue weighted by molar-refractivity contribution is 5.95. The summed E-state index contributed by atoms with van der Waals surface area (Å²) in [6.45, 7) is 5.45. The molecule has 2 aromatic rings. The van der Waals surface area contributed by atoms with Crippen LogP contribution < -0.4 is 4.74 Å². The van der Waals surface area contributed by atoms with E-state index in [0.717, 1.165) is 18.7 Å². The van der Waals surface area contributed by atoms with Gasteiger partial charge < -0.3 is 14.2 Å². The van der Waals surface area contributed by atoms with Crippen LogP contribution in [0.1, 0.15) is 21.5 Å². The van der Waals surface area contributed by atoms with Crippen molar-refractivity contribution in [1.82, 2.24) is 4.90 Å². The highest BCUT2D eigenvalue weighted by Gasteiger charge is 2.28. The number of benzene rings is 2. The van der Waals surface area contributed by atoms with Crippen molar-refractivity contribution < 1.29 is 23.9 Å². The molecule has 1 fully saturated rings. The number of nitro benzene ring substituents is 1. The summed E-state index contributed by atoms with van der Waals surface area (Å²) in [7, 11) is 0. The molecule has 0 spiro atoms. The molecule has 0 atom stereocenters. The third-order valence-corrected chi connectivity index (χ3v) is 4.70. The van der Waals surface area contributed by atoms with Crippen LogP contribution in [0.2, 0.25) is 0 Å². The van der Waals surface area contributed by atoms with Crippen molar-refractivity contribution >= 4 is 11.7 Å². The maximum absolute atomic E-state index is 12.5. The van der Waals surface area contributed by atoms with Crippen LogP contribution in [-0.2, 0) is 16.1 Å². The lowest BCUT2D eigenvalue weighted by atomic mass is 10.1. The maximum Gasteiger partial charge on any atom is 0.345 e. The number of hydrogen-bond acceptors (Lipinski definition) is 7. The number of hydrogen-bond donors (Lipinski definition) is 0. The van der Waals surface area contributed by atoms with E-state index in [0.29, 0.717) is 25.3 Å². The summed E-state index contributed by atoms with van der Waals surface area (Å²) in [5, 5.41) is 11.7. The summed E-state index contributed by atoms with van der Waals surface area (Å²) in [5.74, 6) is -0.643. The molecule has 0 saturated carbocycles. The van der Waals surface area contributed by atoms with Crippen LogP contribution in [0.5, 0.6) is 5.75 Å². The topological polar surface area (TPSA) is 91.1 Å². The number of nitro groups is 1. The summed E-state index contributed by atoms with van der Waals surface area (Å²) in [6.07, 6.45) is 0. The molecule has 0 amide bonds. The minimum atomic E-state index is -0.727. The van der Waals surface area contributed by atoms with Gasteiger partial charge in [0.25, 0.3) is 0 Å². The Labute approximate surface area is 169 Å². The van der Waals surface area contributed by atoms with Crippen LogP contribution in [0.3, 0.4) is 0 Å². The van der Waals surface area contributed by atoms with Crippen molar-refractivity contribution in [2.24, 2.45) is 0 Å². The summed E-state index contributed by atoms with van der Waals surface area (Å²) < 4.78 is 16.3. The molecule has 8 nitrogen and oxygen atoms in total. The molecule has 1 heterocycles. The van der Waals surface area contributed by atoms with E-state index in [-0.39, 0.29) is 30.2 Å². The van der Waals surface area contributed by atoms with Gasteiger partial charge in [-0.1, -0.05) is 36.4 Å². The molecule has 0 unspecified atom stereocenters. The predicted octanol–water partition coefficient (Wildman–Crippen LogP) is 2.97. The second kappa shape index (κ2) is 9.99. The summed E-state index contributed by atoms with van der Waals surface area (Å²) in [6, 6.07) is 12.4. The first-order valence-electron chi connectivity index (χ1n) is 9.48. The number of carbonyl (C=O) groups excluding carboxylic acids is 1. The Morgan fingerprint density at radius 2 is 1.90 bits per heavy atom. The molecule has 0 aromatic heterocycles. The van der Waals surface area contributed by atoms with E-state index in [1.54, 1.807) is 13.0 Å². The Bertz CT molecular complexity index is 850. The van der Waals surface area contributed by atoms with Gasteiger partial charge in [0.1, 0.15) is 18.8 Å². The molecule has 1 aliphatic rings. The zero-order valence-electron chi connectivity index (χ0n) is 16.3. The van der Waals surface area contributed by atoms with Crippen LogP contribution in [0.15, 0.2) is 42.5 Å². The molecular formula is C21H24N2O6.